The minimum Gasteiger partial charge on any atom is -0.383 e. The lowest BCUT2D eigenvalue weighted by Crippen LogP contribution is -2.33. The Bertz CT molecular complexity index is 760. The topological polar surface area (TPSA) is 73.2 Å². The molecule has 0 saturated heterocycles. The average molecular weight is 349 g/mol. The van der Waals surface area contributed by atoms with Crippen molar-refractivity contribution in [3.8, 4) is 0 Å². The third-order valence-electron chi connectivity index (χ3n) is 3.70. The number of carbonyl (C=O) groups is 1. The highest BCUT2D eigenvalue weighted by Crippen LogP contribution is 2.17. The molecule has 1 N–H and O–H groups in total. The SMILES string of the molecule is CC[C@@H](C)NC(=O)CSc1nc2ccccc2c(=O)n1CCOC. The van der Waals surface area contributed by atoms with Crippen molar-refractivity contribution in [3.63, 3.8) is 0 Å². The van der Waals surface area contributed by atoms with Crippen LogP contribution in [0.4, 0.5) is 0 Å². The summed E-state index contributed by atoms with van der Waals surface area (Å²) in [5.41, 5.74) is 0.531. The van der Waals surface area contributed by atoms with Gasteiger partial charge < -0.3 is 10.1 Å². The summed E-state index contributed by atoms with van der Waals surface area (Å²) < 4.78 is 6.66. The summed E-state index contributed by atoms with van der Waals surface area (Å²) in [6.45, 7) is 4.80. The largest absolute Gasteiger partial charge is 0.383 e. The summed E-state index contributed by atoms with van der Waals surface area (Å²) >= 11 is 1.27. The third-order valence-corrected chi connectivity index (χ3v) is 4.67. The Labute approximate surface area is 145 Å². The molecule has 1 aromatic heterocycles. The summed E-state index contributed by atoms with van der Waals surface area (Å²) in [4.78, 5) is 29.2. The van der Waals surface area contributed by atoms with Crippen LogP contribution < -0.4 is 10.9 Å². The van der Waals surface area contributed by atoms with E-state index >= 15 is 0 Å². The number of benzene rings is 1. The third kappa shape index (κ3) is 4.58. The maximum Gasteiger partial charge on any atom is 0.262 e. The van der Waals surface area contributed by atoms with E-state index in [2.05, 4.69) is 10.3 Å². The number of ether oxygens (including phenoxy) is 1. The maximum atomic E-state index is 12.7. The zero-order valence-electron chi connectivity index (χ0n) is 14.2. The zero-order valence-corrected chi connectivity index (χ0v) is 15.1. The molecule has 0 saturated carbocycles. The first-order valence-electron chi connectivity index (χ1n) is 7.97. The van der Waals surface area contributed by atoms with Crippen molar-refractivity contribution >= 4 is 28.6 Å². The lowest BCUT2D eigenvalue weighted by atomic mass is 10.2. The summed E-state index contributed by atoms with van der Waals surface area (Å²) in [5.74, 6) is 0.164. The number of hydrogen-bond donors (Lipinski definition) is 1. The molecule has 7 heteroatoms. The van der Waals surface area contributed by atoms with Crippen LogP contribution in [0.2, 0.25) is 0 Å². The van der Waals surface area contributed by atoms with E-state index in [1.165, 1.54) is 11.8 Å². The van der Waals surface area contributed by atoms with Crippen LogP contribution in [0.1, 0.15) is 20.3 Å². The Hall–Kier alpha value is -1.86. The van der Waals surface area contributed by atoms with Crippen LogP contribution in [0, 0.1) is 0 Å². The summed E-state index contributed by atoms with van der Waals surface area (Å²) in [6, 6.07) is 7.37. The smallest absolute Gasteiger partial charge is 0.262 e. The van der Waals surface area contributed by atoms with Crippen molar-refractivity contribution in [1.29, 1.82) is 0 Å². The van der Waals surface area contributed by atoms with E-state index in [9.17, 15) is 9.59 Å². The molecule has 0 aliphatic rings. The van der Waals surface area contributed by atoms with Crippen LogP contribution in [-0.4, -0.2) is 41.0 Å². The second-order valence-electron chi connectivity index (χ2n) is 5.53. The van der Waals surface area contributed by atoms with Gasteiger partial charge in [0.25, 0.3) is 5.56 Å². The molecular formula is C17H23N3O3S. The van der Waals surface area contributed by atoms with Crippen LogP contribution in [-0.2, 0) is 16.1 Å². The first kappa shape index (κ1) is 18.5. The van der Waals surface area contributed by atoms with Gasteiger partial charge in [0.1, 0.15) is 0 Å². The van der Waals surface area contributed by atoms with E-state index in [1.807, 2.05) is 26.0 Å². The van der Waals surface area contributed by atoms with Crippen LogP contribution in [0.5, 0.6) is 0 Å². The number of carbonyl (C=O) groups excluding carboxylic acids is 1. The van der Waals surface area contributed by atoms with Crippen molar-refractivity contribution in [2.24, 2.45) is 0 Å². The van der Waals surface area contributed by atoms with Crippen molar-refractivity contribution < 1.29 is 9.53 Å². The molecule has 0 spiro atoms. The van der Waals surface area contributed by atoms with Crippen molar-refractivity contribution in [3.05, 3.63) is 34.6 Å². The number of methoxy groups -OCH3 is 1. The standard InChI is InChI=1S/C17H23N3O3S/c1-4-12(2)18-15(21)11-24-17-19-14-8-6-5-7-13(14)16(22)20(17)9-10-23-3/h5-8,12H,4,9-11H2,1-3H3,(H,18,21)/t12-/m1/s1. The molecule has 0 fully saturated rings. The molecule has 0 aliphatic heterocycles. The molecule has 2 rings (SSSR count). The van der Waals surface area contributed by atoms with E-state index in [-0.39, 0.29) is 23.3 Å². The summed E-state index contributed by atoms with van der Waals surface area (Å²) in [5, 5.41) is 4.02. The lowest BCUT2D eigenvalue weighted by molar-refractivity contribution is -0.119. The molecule has 6 nitrogen and oxygen atoms in total. The number of aromatic nitrogens is 2. The van der Waals surface area contributed by atoms with E-state index in [0.717, 1.165) is 6.42 Å². The number of fused-ring (bicyclic) bond motifs is 1. The molecule has 0 radical (unpaired) electrons. The molecule has 1 heterocycles. The normalized spacial score (nSPS) is 12.3. The highest BCUT2D eigenvalue weighted by atomic mass is 32.2. The fourth-order valence-electron chi connectivity index (χ4n) is 2.19. The fourth-order valence-corrected chi connectivity index (χ4v) is 3.02. The zero-order chi connectivity index (χ0) is 17.5. The van der Waals surface area contributed by atoms with Crippen LogP contribution in [0.25, 0.3) is 10.9 Å². The molecule has 0 unspecified atom stereocenters. The Morgan fingerprint density at radius 2 is 2.17 bits per heavy atom. The Kier molecular flexibility index (Phi) is 6.81. The minimum atomic E-state index is -0.109. The van der Waals surface area contributed by atoms with Gasteiger partial charge in [0.05, 0.1) is 29.8 Å². The molecule has 2 aromatic rings. The highest BCUT2D eigenvalue weighted by Gasteiger charge is 2.13. The van der Waals surface area contributed by atoms with Crippen molar-refractivity contribution in [1.82, 2.24) is 14.9 Å². The summed E-state index contributed by atoms with van der Waals surface area (Å²) in [6.07, 6.45) is 0.878. The van der Waals surface area contributed by atoms with Crippen molar-refractivity contribution in [2.75, 3.05) is 19.5 Å². The second kappa shape index (κ2) is 8.84. The van der Waals surface area contributed by atoms with E-state index in [0.29, 0.717) is 29.2 Å². The predicted molar refractivity (Wildman–Crippen MR) is 96.5 cm³/mol. The van der Waals surface area contributed by atoms with Gasteiger partial charge in [-0.05, 0) is 25.5 Å². The predicted octanol–water partition coefficient (Wildman–Crippen LogP) is 2.05. The van der Waals surface area contributed by atoms with Gasteiger partial charge in [0.15, 0.2) is 5.16 Å². The van der Waals surface area contributed by atoms with E-state index in [4.69, 9.17) is 4.74 Å². The van der Waals surface area contributed by atoms with Crippen molar-refractivity contribution in [2.45, 2.75) is 38.0 Å². The maximum absolute atomic E-state index is 12.7. The first-order valence-corrected chi connectivity index (χ1v) is 8.96. The quantitative estimate of drug-likeness (QED) is 0.583. The Balaban J connectivity index is 2.26. The number of amides is 1. The number of thioether (sulfide) groups is 1. The number of rotatable bonds is 8. The van der Waals surface area contributed by atoms with E-state index in [1.54, 1.807) is 23.8 Å². The van der Waals surface area contributed by atoms with Gasteiger partial charge in [-0.1, -0.05) is 30.8 Å². The molecule has 0 bridgehead atoms. The molecular weight excluding hydrogens is 326 g/mol. The van der Waals surface area contributed by atoms with Gasteiger partial charge in [-0.2, -0.15) is 0 Å². The molecule has 0 aliphatic carbocycles. The number of para-hydroxylation sites is 1. The molecule has 130 valence electrons. The van der Waals surface area contributed by atoms with Gasteiger partial charge in [-0.15, -0.1) is 0 Å². The number of hydrogen-bond acceptors (Lipinski definition) is 5. The van der Waals surface area contributed by atoms with Gasteiger partial charge in [0.2, 0.25) is 5.91 Å². The molecule has 24 heavy (non-hydrogen) atoms. The van der Waals surface area contributed by atoms with E-state index < -0.39 is 0 Å². The molecule has 1 amide bonds. The van der Waals surface area contributed by atoms with Gasteiger partial charge >= 0.3 is 0 Å². The van der Waals surface area contributed by atoms with Crippen LogP contribution in [0.3, 0.4) is 0 Å². The minimum absolute atomic E-state index is 0.0601. The summed E-state index contributed by atoms with van der Waals surface area (Å²) in [7, 11) is 1.59. The van der Waals surface area contributed by atoms with Crippen LogP contribution >= 0.6 is 11.8 Å². The highest BCUT2D eigenvalue weighted by molar-refractivity contribution is 7.99. The van der Waals surface area contributed by atoms with Gasteiger partial charge in [0, 0.05) is 13.2 Å². The average Bonchev–Trinajstić information content (AvgIpc) is 2.59. The first-order chi connectivity index (χ1) is 11.6. The number of nitrogens with one attached hydrogen (secondary N) is 1. The van der Waals surface area contributed by atoms with Gasteiger partial charge in [-0.3, -0.25) is 14.2 Å². The molecule has 1 atom stereocenters. The second-order valence-corrected chi connectivity index (χ2v) is 6.47. The van der Waals surface area contributed by atoms with Gasteiger partial charge in [-0.25, -0.2) is 4.98 Å². The Morgan fingerprint density at radius 1 is 1.42 bits per heavy atom. The monoisotopic (exact) mass is 349 g/mol. The lowest BCUT2D eigenvalue weighted by Gasteiger charge is -2.14. The number of nitrogens with zero attached hydrogens (tertiary/aromatic N) is 2. The van der Waals surface area contributed by atoms with Crippen LogP contribution in [0.15, 0.2) is 34.2 Å². The Morgan fingerprint density at radius 3 is 2.88 bits per heavy atom. The molecule has 1 aromatic carbocycles. The fraction of sp³-hybridized carbons (Fsp3) is 0.471.